The number of nitrogens with zero attached hydrogens (tertiary/aromatic N) is 5. The van der Waals surface area contributed by atoms with Gasteiger partial charge in [-0.1, -0.05) is 0 Å². The molecule has 9 nitrogen and oxygen atoms in total. The SMILES string of the molecule is N#Cc1c(N)sc2c(F)cnc(-c3c4c(c5cnc(OCCN6CCOCC6)nc5c3F)COC4)c12. The molecule has 5 heterocycles. The number of pyridine rings is 1. The largest absolute Gasteiger partial charge is 0.462 e. The van der Waals surface area contributed by atoms with E-state index in [1.54, 1.807) is 0 Å². The third-order valence-corrected chi connectivity index (χ3v) is 7.49. The molecule has 0 spiro atoms. The van der Waals surface area contributed by atoms with Gasteiger partial charge in [0.25, 0.3) is 0 Å². The van der Waals surface area contributed by atoms with Crippen molar-refractivity contribution in [3.63, 3.8) is 0 Å². The van der Waals surface area contributed by atoms with Crippen molar-refractivity contribution < 1.29 is 23.0 Å². The van der Waals surface area contributed by atoms with E-state index >= 15 is 4.39 Å². The number of fused-ring (bicyclic) bond motifs is 4. The van der Waals surface area contributed by atoms with Gasteiger partial charge in [0.15, 0.2) is 11.6 Å². The lowest BCUT2D eigenvalue weighted by Gasteiger charge is -2.26. The minimum absolute atomic E-state index is 0.0478. The summed E-state index contributed by atoms with van der Waals surface area (Å²) >= 11 is 0.934. The molecule has 1 aromatic carbocycles. The maximum atomic E-state index is 16.2. The zero-order valence-corrected chi connectivity index (χ0v) is 19.8. The van der Waals surface area contributed by atoms with Gasteiger partial charge < -0.3 is 19.9 Å². The lowest BCUT2D eigenvalue weighted by atomic mass is 9.94. The predicted octanol–water partition coefficient (Wildman–Crippen LogP) is 3.38. The molecule has 12 heteroatoms. The van der Waals surface area contributed by atoms with Gasteiger partial charge >= 0.3 is 6.01 Å². The Hall–Kier alpha value is -3.50. The Labute approximate surface area is 208 Å². The van der Waals surface area contributed by atoms with Crippen molar-refractivity contribution in [3.8, 4) is 23.3 Å². The fraction of sp³-hybridized carbons (Fsp3) is 0.333. The number of aromatic nitrogens is 3. The van der Waals surface area contributed by atoms with E-state index < -0.39 is 11.6 Å². The van der Waals surface area contributed by atoms with Crippen molar-refractivity contribution in [2.75, 3.05) is 45.2 Å². The number of thiophene rings is 1. The molecule has 4 aromatic rings. The molecule has 0 aliphatic carbocycles. The van der Waals surface area contributed by atoms with E-state index in [9.17, 15) is 9.65 Å². The van der Waals surface area contributed by atoms with Crippen molar-refractivity contribution in [1.29, 1.82) is 5.26 Å². The van der Waals surface area contributed by atoms with Gasteiger partial charge in [0.1, 0.15) is 23.2 Å². The standard InChI is InChI=1S/C24H20F2N6O3S/c25-16-9-29-21(18-12(7-27)23(28)36-22(16)18)17-15-11-34-10-14(15)13-8-30-24(31-20(13)19(17)26)35-6-3-32-1-4-33-5-2-32/h8-9H,1-6,10-11,28H2. The summed E-state index contributed by atoms with van der Waals surface area (Å²) in [6.45, 7) is 4.39. The summed E-state index contributed by atoms with van der Waals surface area (Å²) < 4.78 is 47.6. The fourth-order valence-corrected chi connectivity index (χ4v) is 5.61. The number of nitrogen functional groups attached to an aromatic ring is 1. The molecule has 2 aliphatic heterocycles. The van der Waals surface area contributed by atoms with Crippen molar-refractivity contribution in [3.05, 3.63) is 40.7 Å². The molecular formula is C24H20F2N6O3S. The number of nitrogens with two attached hydrogens (primary N) is 1. The molecule has 2 N–H and O–H groups in total. The van der Waals surface area contributed by atoms with Crippen LogP contribution in [0.5, 0.6) is 6.01 Å². The van der Waals surface area contributed by atoms with Crippen LogP contribution in [0, 0.1) is 23.0 Å². The normalized spacial score (nSPS) is 15.9. The van der Waals surface area contributed by atoms with Crippen LogP contribution >= 0.6 is 11.3 Å². The highest BCUT2D eigenvalue weighted by Gasteiger charge is 2.30. The number of rotatable bonds is 5. The lowest BCUT2D eigenvalue weighted by Crippen LogP contribution is -2.38. The van der Waals surface area contributed by atoms with Crippen LogP contribution in [0.25, 0.3) is 32.2 Å². The predicted molar refractivity (Wildman–Crippen MR) is 128 cm³/mol. The van der Waals surface area contributed by atoms with E-state index in [4.69, 9.17) is 19.9 Å². The first kappa shape index (κ1) is 22.9. The first-order valence-corrected chi connectivity index (χ1v) is 12.2. The Morgan fingerprint density at radius 3 is 2.75 bits per heavy atom. The van der Waals surface area contributed by atoms with Crippen molar-refractivity contribution in [2.24, 2.45) is 0 Å². The molecule has 0 atom stereocenters. The summed E-state index contributed by atoms with van der Waals surface area (Å²) in [5.74, 6) is -1.29. The van der Waals surface area contributed by atoms with Crippen LogP contribution in [-0.2, 0) is 22.7 Å². The third-order valence-electron chi connectivity index (χ3n) is 6.47. The van der Waals surface area contributed by atoms with Crippen molar-refractivity contribution in [2.45, 2.75) is 13.2 Å². The second kappa shape index (κ2) is 9.18. The Balaban J connectivity index is 1.46. The number of nitriles is 1. The molecule has 0 bridgehead atoms. The topological polar surface area (TPSA) is 119 Å². The average molecular weight is 511 g/mol. The van der Waals surface area contributed by atoms with Gasteiger partial charge in [-0.2, -0.15) is 10.2 Å². The highest BCUT2D eigenvalue weighted by atomic mass is 32.1. The summed E-state index contributed by atoms with van der Waals surface area (Å²) in [6.07, 6.45) is 2.55. The number of anilines is 1. The Kier molecular flexibility index (Phi) is 5.85. The zero-order valence-electron chi connectivity index (χ0n) is 19.0. The summed E-state index contributed by atoms with van der Waals surface area (Å²) in [7, 11) is 0. The molecule has 2 aliphatic rings. The number of benzene rings is 1. The second-order valence-electron chi connectivity index (χ2n) is 8.47. The van der Waals surface area contributed by atoms with Crippen molar-refractivity contribution in [1.82, 2.24) is 19.9 Å². The molecule has 1 saturated heterocycles. The van der Waals surface area contributed by atoms with Gasteiger partial charge in [0.05, 0.1) is 48.6 Å². The number of hydrogen-bond donors (Lipinski definition) is 1. The molecule has 1 fully saturated rings. The molecular weight excluding hydrogens is 490 g/mol. The van der Waals surface area contributed by atoms with Gasteiger partial charge in [-0.05, 0) is 11.1 Å². The molecule has 0 saturated carbocycles. The van der Waals surface area contributed by atoms with Crippen LogP contribution in [0.3, 0.4) is 0 Å². The first-order valence-electron chi connectivity index (χ1n) is 11.3. The van der Waals surface area contributed by atoms with E-state index in [1.807, 2.05) is 6.07 Å². The van der Waals surface area contributed by atoms with Crippen LogP contribution in [0.15, 0.2) is 12.4 Å². The highest BCUT2D eigenvalue weighted by Crippen LogP contribution is 2.44. The summed E-state index contributed by atoms with van der Waals surface area (Å²) in [4.78, 5) is 15.1. The molecule has 0 radical (unpaired) electrons. The van der Waals surface area contributed by atoms with Gasteiger partial charge in [-0.3, -0.25) is 9.88 Å². The Morgan fingerprint density at radius 1 is 1.14 bits per heavy atom. The maximum Gasteiger partial charge on any atom is 0.317 e. The van der Waals surface area contributed by atoms with Crippen LogP contribution < -0.4 is 10.5 Å². The van der Waals surface area contributed by atoms with E-state index in [2.05, 4.69) is 19.9 Å². The Morgan fingerprint density at radius 2 is 1.94 bits per heavy atom. The summed E-state index contributed by atoms with van der Waals surface area (Å²) in [5.41, 5.74) is 7.63. The number of morpholine rings is 1. The number of hydrogen-bond acceptors (Lipinski definition) is 10. The van der Waals surface area contributed by atoms with Gasteiger partial charge in [-0.25, -0.2) is 13.8 Å². The molecule has 6 rings (SSSR count). The van der Waals surface area contributed by atoms with Crippen LogP contribution in [-0.4, -0.2) is 59.3 Å². The summed E-state index contributed by atoms with van der Waals surface area (Å²) in [6, 6.07) is 2.06. The lowest BCUT2D eigenvalue weighted by molar-refractivity contribution is 0.0317. The fourth-order valence-electron chi connectivity index (χ4n) is 4.69. The van der Waals surface area contributed by atoms with Crippen LogP contribution in [0.4, 0.5) is 13.8 Å². The molecule has 184 valence electrons. The zero-order chi connectivity index (χ0) is 24.8. The smallest absolute Gasteiger partial charge is 0.317 e. The van der Waals surface area contributed by atoms with Crippen molar-refractivity contribution >= 4 is 37.3 Å². The Bertz CT molecular complexity index is 1550. The van der Waals surface area contributed by atoms with Crippen LogP contribution in [0.1, 0.15) is 16.7 Å². The minimum atomic E-state index is -0.663. The summed E-state index contributed by atoms with van der Waals surface area (Å²) in [5, 5.41) is 10.5. The van der Waals surface area contributed by atoms with Gasteiger partial charge in [0.2, 0.25) is 0 Å². The van der Waals surface area contributed by atoms with E-state index in [-0.39, 0.29) is 56.6 Å². The number of ether oxygens (including phenoxy) is 3. The minimum Gasteiger partial charge on any atom is -0.462 e. The monoisotopic (exact) mass is 510 g/mol. The first-order chi connectivity index (χ1) is 17.6. The maximum absolute atomic E-state index is 16.2. The van der Waals surface area contributed by atoms with E-state index in [1.165, 1.54) is 6.20 Å². The number of halogens is 2. The molecule has 3 aromatic heterocycles. The van der Waals surface area contributed by atoms with E-state index in [0.717, 1.165) is 36.2 Å². The average Bonchev–Trinajstić information content (AvgIpc) is 3.51. The third kappa shape index (κ3) is 3.72. The van der Waals surface area contributed by atoms with E-state index in [0.29, 0.717) is 37.3 Å². The molecule has 0 unspecified atom stereocenters. The van der Waals surface area contributed by atoms with Gasteiger partial charge in [-0.15, -0.1) is 11.3 Å². The quantitative estimate of drug-likeness (QED) is 0.431. The van der Waals surface area contributed by atoms with Crippen LogP contribution in [0.2, 0.25) is 0 Å². The highest BCUT2D eigenvalue weighted by molar-refractivity contribution is 7.23. The molecule has 36 heavy (non-hydrogen) atoms. The van der Waals surface area contributed by atoms with Gasteiger partial charge in [0, 0.05) is 42.2 Å². The molecule has 0 amide bonds. The second-order valence-corrected chi connectivity index (χ2v) is 9.52.